The van der Waals surface area contributed by atoms with Crippen LogP contribution in [0.4, 0.5) is 10.5 Å². The van der Waals surface area contributed by atoms with Crippen LogP contribution < -0.4 is 10.1 Å². The van der Waals surface area contributed by atoms with Crippen LogP contribution in [0.5, 0.6) is 11.5 Å². The highest BCUT2D eigenvalue weighted by Crippen LogP contribution is 2.27. The largest absolute Gasteiger partial charge is 0.508 e. The van der Waals surface area contributed by atoms with E-state index in [0.29, 0.717) is 48.7 Å². The Morgan fingerprint density at radius 2 is 1.46 bits per heavy atom. The van der Waals surface area contributed by atoms with Crippen molar-refractivity contribution in [2.45, 2.75) is 26.4 Å². The highest BCUT2D eigenvalue weighted by atomic mass is 16.6. The molecule has 0 aliphatic carbocycles. The fourth-order valence-electron chi connectivity index (χ4n) is 4.25. The van der Waals surface area contributed by atoms with Crippen LogP contribution in [0, 0.1) is 0 Å². The number of piperazine rings is 1. The Morgan fingerprint density at radius 1 is 0.821 bits per heavy atom. The van der Waals surface area contributed by atoms with Gasteiger partial charge in [0.2, 0.25) is 0 Å². The summed E-state index contributed by atoms with van der Waals surface area (Å²) in [5, 5.41) is 12.8. The maximum atomic E-state index is 13.6. The fraction of sp³-hybridized carbons (Fsp3) is 0.300. The number of methoxy groups -OCH3 is 1. The average molecular weight is 532 g/mol. The molecule has 3 aromatic carbocycles. The van der Waals surface area contributed by atoms with Crippen LogP contribution in [0.25, 0.3) is 11.1 Å². The first kappa shape index (κ1) is 27.5. The molecule has 39 heavy (non-hydrogen) atoms. The lowest BCUT2D eigenvalue weighted by atomic mass is 9.97. The summed E-state index contributed by atoms with van der Waals surface area (Å²) in [4.78, 5) is 42.7. The third-order valence-corrected chi connectivity index (χ3v) is 6.24. The van der Waals surface area contributed by atoms with Gasteiger partial charge in [-0.3, -0.25) is 9.59 Å². The molecule has 0 spiro atoms. The van der Waals surface area contributed by atoms with E-state index in [1.54, 1.807) is 77.6 Å². The number of anilines is 1. The van der Waals surface area contributed by atoms with Crippen LogP contribution in [-0.2, 0) is 4.74 Å². The van der Waals surface area contributed by atoms with Gasteiger partial charge in [-0.1, -0.05) is 18.2 Å². The number of benzene rings is 3. The number of carbonyl (C=O) groups excluding carboxylic acids is 3. The van der Waals surface area contributed by atoms with Gasteiger partial charge >= 0.3 is 6.09 Å². The molecule has 1 fully saturated rings. The van der Waals surface area contributed by atoms with Gasteiger partial charge in [0.1, 0.15) is 17.1 Å². The van der Waals surface area contributed by atoms with Gasteiger partial charge in [0.05, 0.1) is 18.2 Å². The molecular weight excluding hydrogens is 498 g/mol. The Morgan fingerprint density at radius 3 is 2.08 bits per heavy atom. The van der Waals surface area contributed by atoms with Crippen molar-refractivity contribution in [2.24, 2.45) is 0 Å². The van der Waals surface area contributed by atoms with Crippen LogP contribution in [0.15, 0.2) is 66.7 Å². The third kappa shape index (κ3) is 6.87. The molecule has 0 saturated carbocycles. The number of hydrogen-bond donors (Lipinski definition) is 2. The van der Waals surface area contributed by atoms with Gasteiger partial charge in [0.15, 0.2) is 0 Å². The Bertz CT molecular complexity index is 1360. The average Bonchev–Trinajstić information content (AvgIpc) is 2.92. The fourth-order valence-corrected chi connectivity index (χ4v) is 4.25. The van der Waals surface area contributed by atoms with Gasteiger partial charge in [-0.25, -0.2) is 4.79 Å². The van der Waals surface area contributed by atoms with E-state index < -0.39 is 17.6 Å². The van der Waals surface area contributed by atoms with Crippen molar-refractivity contribution in [2.75, 3.05) is 38.6 Å². The smallest absolute Gasteiger partial charge is 0.410 e. The Balaban J connectivity index is 1.59. The number of rotatable bonds is 5. The Hall–Kier alpha value is -4.53. The molecule has 1 aliphatic heterocycles. The van der Waals surface area contributed by atoms with E-state index in [4.69, 9.17) is 9.47 Å². The zero-order chi connectivity index (χ0) is 28.2. The molecular formula is C30H33N3O6. The number of nitrogens with zero attached hydrogens (tertiary/aromatic N) is 2. The maximum absolute atomic E-state index is 13.6. The number of nitrogens with one attached hydrogen (secondary N) is 1. The molecule has 0 atom stereocenters. The summed E-state index contributed by atoms with van der Waals surface area (Å²) in [5.41, 5.74) is 1.78. The van der Waals surface area contributed by atoms with Crippen LogP contribution in [0.3, 0.4) is 0 Å². The number of carbonyl (C=O) groups is 3. The van der Waals surface area contributed by atoms with Crippen LogP contribution in [0.2, 0.25) is 0 Å². The van der Waals surface area contributed by atoms with Crippen LogP contribution in [0.1, 0.15) is 41.5 Å². The molecule has 204 valence electrons. The topological polar surface area (TPSA) is 108 Å². The maximum Gasteiger partial charge on any atom is 0.410 e. The summed E-state index contributed by atoms with van der Waals surface area (Å²) in [6.45, 7) is 6.71. The summed E-state index contributed by atoms with van der Waals surface area (Å²) < 4.78 is 10.6. The van der Waals surface area contributed by atoms with Gasteiger partial charge < -0.3 is 29.7 Å². The number of phenolic OH excluding ortho intramolecular Hbond substituents is 1. The molecule has 3 amide bonds. The predicted octanol–water partition coefficient (Wildman–Crippen LogP) is 5.01. The van der Waals surface area contributed by atoms with Crippen molar-refractivity contribution in [1.82, 2.24) is 9.80 Å². The number of amides is 3. The quantitative estimate of drug-likeness (QED) is 0.479. The highest BCUT2D eigenvalue weighted by molar-refractivity contribution is 6.12. The number of aromatic hydroxyl groups is 1. The van der Waals surface area contributed by atoms with Gasteiger partial charge in [0, 0.05) is 31.9 Å². The first-order valence-electron chi connectivity index (χ1n) is 12.7. The Labute approximate surface area is 227 Å². The molecule has 2 N–H and O–H groups in total. The summed E-state index contributed by atoms with van der Waals surface area (Å²) >= 11 is 0. The summed E-state index contributed by atoms with van der Waals surface area (Å²) in [7, 11) is 1.56. The van der Waals surface area contributed by atoms with Gasteiger partial charge in [-0.15, -0.1) is 0 Å². The molecule has 9 nitrogen and oxygen atoms in total. The van der Waals surface area contributed by atoms with Crippen molar-refractivity contribution in [3.63, 3.8) is 0 Å². The zero-order valence-electron chi connectivity index (χ0n) is 22.6. The molecule has 1 aliphatic rings. The second-order valence-electron chi connectivity index (χ2n) is 10.3. The normalized spacial score (nSPS) is 13.5. The minimum Gasteiger partial charge on any atom is -0.508 e. The molecule has 9 heteroatoms. The molecule has 1 saturated heterocycles. The predicted molar refractivity (Wildman–Crippen MR) is 148 cm³/mol. The molecule has 4 rings (SSSR count). The van der Waals surface area contributed by atoms with E-state index in [0.717, 1.165) is 0 Å². The zero-order valence-corrected chi connectivity index (χ0v) is 22.6. The molecule has 0 aromatic heterocycles. The summed E-state index contributed by atoms with van der Waals surface area (Å²) in [6.07, 6.45) is -0.412. The first-order chi connectivity index (χ1) is 18.5. The molecule has 0 radical (unpaired) electrons. The second kappa shape index (κ2) is 11.5. The van der Waals surface area contributed by atoms with E-state index in [1.807, 2.05) is 26.8 Å². The number of ether oxygens (including phenoxy) is 2. The van der Waals surface area contributed by atoms with E-state index in [1.165, 1.54) is 0 Å². The van der Waals surface area contributed by atoms with E-state index >= 15 is 0 Å². The van der Waals surface area contributed by atoms with Gasteiger partial charge in [-0.05, 0) is 80.4 Å². The standard InChI is InChI=1S/C30H33N3O6/c1-30(2,3)39-29(37)33-16-14-32(15-17-33)28(36)25-13-8-21(20-6-5-7-23(34)18-20)19-26(25)27(35)31-22-9-11-24(38-4)12-10-22/h5-13,18-19,34H,14-17H2,1-4H3,(H,31,35). The number of hydrogen-bond acceptors (Lipinski definition) is 6. The van der Waals surface area contributed by atoms with E-state index in [-0.39, 0.29) is 22.8 Å². The Kier molecular flexibility index (Phi) is 8.09. The summed E-state index contributed by atoms with van der Waals surface area (Å²) in [6, 6.07) is 18.6. The van der Waals surface area contributed by atoms with Crippen LogP contribution >= 0.6 is 0 Å². The third-order valence-electron chi connectivity index (χ3n) is 6.24. The lowest BCUT2D eigenvalue weighted by molar-refractivity contribution is 0.0141. The second-order valence-corrected chi connectivity index (χ2v) is 10.3. The van der Waals surface area contributed by atoms with Crippen molar-refractivity contribution in [1.29, 1.82) is 0 Å². The highest BCUT2D eigenvalue weighted by Gasteiger charge is 2.30. The van der Waals surface area contributed by atoms with Crippen LogP contribution in [-0.4, -0.2) is 71.7 Å². The van der Waals surface area contributed by atoms with Crippen molar-refractivity contribution in [3.05, 3.63) is 77.9 Å². The lowest BCUT2D eigenvalue weighted by Gasteiger charge is -2.35. The first-order valence-corrected chi connectivity index (χ1v) is 12.7. The molecule has 3 aromatic rings. The lowest BCUT2D eigenvalue weighted by Crippen LogP contribution is -2.51. The summed E-state index contributed by atoms with van der Waals surface area (Å²) in [5.74, 6) is -0.000827. The van der Waals surface area contributed by atoms with Crippen molar-refractivity contribution >= 4 is 23.6 Å². The van der Waals surface area contributed by atoms with E-state index in [2.05, 4.69) is 5.32 Å². The minimum absolute atomic E-state index is 0.0970. The van der Waals surface area contributed by atoms with Gasteiger partial charge in [0.25, 0.3) is 11.8 Å². The van der Waals surface area contributed by atoms with E-state index in [9.17, 15) is 19.5 Å². The minimum atomic E-state index is -0.604. The molecule has 1 heterocycles. The van der Waals surface area contributed by atoms with Gasteiger partial charge in [-0.2, -0.15) is 0 Å². The SMILES string of the molecule is COc1ccc(NC(=O)c2cc(-c3cccc(O)c3)ccc2C(=O)N2CCN(C(=O)OC(C)(C)C)CC2)cc1. The number of phenols is 1. The molecule has 0 bridgehead atoms. The van der Waals surface area contributed by atoms with Crippen molar-refractivity contribution in [3.8, 4) is 22.6 Å². The monoisotopic (exact) mass is 531 g/mol. The van der Waals surface area contributed by atoms with Crippen molar-refractivity contribution < 1.29 is 29.0 Å². The molecule has 0 unspecified atom stereocenters.